The third kappa shape index (κ3) is 6.35. The van der Waals surface area contributed by atoms with Gasteiger partial charge in [-0.3, -0.25) is 9.78 Å². The van der Waals surface area contributed by atoms with Gasteiger partial charge in [-0.1, -0.05) is 54.3 Å². The Labute approximate surface area is 170 Å². The van der Waals surface area contributed by atoms with E-state index in [0.717, 1.165) is 16.5 Å². The lowest BCUT2D eigenvalue weighted by Gasteiger charge is -1.95. The summed E-state index contributed by atoms with van der Waals surface area (Å²) in [5.41, 5.74) is 8.16. The summed E-state index contributed by atoms with van der Waals surface area (Å²) >= 11 is 3.53. The maximum absolute atomic E-state index is 11.1. The molecule has 0 saturated heterocycles. The highest BCUT2D eigenvalue weighted by atomic mass is 32.1. The second-order valence-corrected chi connectivity index (χ2v) is 5.51. The molecule has 1 amide bonds. The van der Waals surface area contributed by atoms with Crippen molar-refractivity contribution in [2.75, 3.05) is 6.26 Å². The third-order valence-electron chi connectivity index (χ3n) is 3.60. The number of primary amides is 1. The number of aromatic nitrogens is 2. The van der Waals surface area contributed by atoms with Gasteiger partial charge in [0, 0.05) is 35.2 Å². The Kier molecular flexibility index (Phi) is 8.38. The van der Waals surface area contributed by atoms with Gasteiger partial charge in [-0.2, -0.15) is 12.6 Å². The summed E-state index contributed by atoms with van der Waals surface area (Å²) in [4.78, 5) is 18.2. The Morgan fingerprint density at radius 3 is 2.21 bits per heavy atom. The number of thiol groups is 1. The fourth-order valence-electron chi connectivity index (χ4n) is 2.30. The number of pyridine rings is 1. The molecule has 0 unspecified atom stereocenters. The second-order valence-electron chi connectivity index (χ2n) is 5.51. The molecule has 0 aliphatic carbocycles. The Balaban J connectivity index is 0.000000296. The molecule has 4 nitrogen and oxygen atoms in total. The predicted octanol–water partition coefficient (Wildman–Crippen LogP) is 4.29. The molecule has 2 aromatic carbocycles. The summed E-state index contributed by atoms with van der Waals surface area (Å²) < 4.78 is 0. The lowest BCUT2D eigenvalue weighted by molar-refractivity contribution is 0.1000. The fourth-order valence-corrected chi connectivity index (χ4v) is 2.30. The van der Waals surface area contributed by atoms with Crippen LogP contribution in [0.3, 0.4) is 0 Å². The van der Waals surface area contributed by atoms with Crippen molar-refractivity contribution in [1.29, 1.82) is 0 Å². The Bertz CT molecular complexity index is 1050. The topological polar surface area (TPSA) is 71.8 Å². The van der Waals surface area contributed by atoms with E-state index < -0.39 is 5.91 Å². The molecule has 0 aliphatic heterocycles. The molecule has 2 aromatic heterocycles. The number of nitrogens with two attached hydrogens (primary N) is 1. The number of hydrogen-bond donors (Lipinski definition) is 3. The van der Waals surface area contributed by atoms with Crippen LogP contribution in [0.15, 0.2) is 85.3 Å². The molecular formula is C23H21N3OS. The van der Waals surface area contributed by atoms with E-state index in [0.29, 0.717) is 11.1 Å². The van der Waals surface area contributed by atoms with Crippen LogP contribution in [0.5, 0.6) is 0 Å². The molecule has 140 valence electrons. The molecule has 0 bridgehead atoms. The van der Waals surface area contributed by atoms with Gasteiger partial charge in [-0.15, -0.1) is 0 Å². The molecule has 3 N–H and O–H groups in total. The van der Waals surface area contributed by atoms with Crippen molar-refractivity contribution in [2.24, 2.45) is 5.73 Å². The van der Waals surface area contributed by atoms with E-state index in [-0.39, 0.29) is 0 Å². The average molecular weight is 388 g/mol. The standard InChI is InChI=1S/C16H11N3O.C6H6.CH4S/c17-16(20)14-7-12(9-18-10-14)2-1-11-3-4-13-5-6-19-15(13)8-11;1-2-4-6-5-3-1;1-2/h3-10,19H,(H2,17,20);1-6H;2H,1H3. The zero-order chi connectivity index (χ0) is 20.2. The van der Waals surface area contributed by atoms with E-state index in [1.807, 2.05) is 66.9 Å². The van der Waals surface area contributed by atoms with E-state index in [9.17, 15) is 4.79 Å². The number of rotatable bonds is 1. The highest BCUT2D eigenvalue weighted by molar-refractivity contribution is 7.79. The lowest BCUT2D eigenvalue weighted by atomic mass is 10.1. The first-order valence-corrected chi connectivity index (χ1v) is 9.40. The van der Waals surface area contributed by atoms with Gasteiger partial charge in [-0.05, 0) is 35.9 Å². The van der Waals surface area contributed by atoms with Gasteiger partial charge < -0.3 is 10.7 Å². The number of aromatic amines is 1. The molecule has 4 rings (SSSR count). The molecule has 0 saturated carbocycles. The molecule has 0 radical (unpaired) electrons. The summed E-state index contributed by atoms with van der Waals surface area (Å²) in [7, 11) is 0. The molecule has 0 atom stereocenters. The van der Waals surface area contributed by atoms with Crippen LogP contribution >= 0.6 is 12.6 Å². The van der Waals surface area contributed by atoms with E-state index in [2.05, 4.69) is 34.4 Å². The number of hydrogen-bond acceptors (Lipinski definition) is 3. The van der Waals surface area contributed by atoms with E-state index in [4.69, 9.17) is 5.73 Å². The number of carbonyl (C=O) groups is 1. The summed E-state index contributed by atoms with van der Waals surface area (Å²) in [5, 5.41) is 1.15. The lowest BCUT2D eigenvalue weighted by Crippen LogP contribution is -2.11. The molecule has 4 aromatic rings. The smallest absolute Gasteiger partial charge is 0.250 e. The molecule has 5 heteroatoms. The number of carbonyl (C=O) groups excluding carboxylic acids is 1. The molecule has 2 heterocycles. The Morgan fingerprint density at radius 1 is 0.929 bits per heavy atom. The highest BCUT2D eigenvalue weighted by Gasteiger charge is 2.00. The molecule has 0 aliphatic rings. The maximum Gasteiger partial charge on any atom is 0.250 e. The minimum Gasteiger partial charge on any atom is -0.366 e. The van der Waals surface area contributed by atoms with Crippen LogP contribution in [-0.2, 0) is 0 Å². The molecule has 0 spiro atoms. The van der Waals surface area contributed by atoms with Crippen molar-refractivity contribution in [2.45, 2.75) is 0 Å². The normalized spacial score (nSPS) is 9.07. The molecule has 28 heavy (non-hydrogen) atoms. The first-order chi connectivity index (χ1) is 13.7. The van der Waals surface area contributed by atoms with Gasteiger partial charge >= 0.3 is 0 Å². The van der Waals surface area contributed by atoms with Crippen LogP contribution in [0.25, 0.3) is 10.9 Å². The summed E-state index contributed by atoms with van der Waals surface area (Å²) in [5.74, 6) is 5.52. The third-order valence-corrected chi connectivity index (χ3v) is 3.60. The minimum atomic E-state index is -0.506. The van der Waals surface area contributed by atoms with Gasteiger partial charge in [0.1, 0.15) is 0 Å². The van der Waals surface area contributed by atoms with Crippen molar-refractivity contribution < 1.29 is 4.79 Å². The van der Waals surface area contributed by atoms with Crippen LogP contribution in [-0.4, -0.2) is 22.1 Å². The van der Waals surface area contributed by atoms with Crippen LogP contribution in [0.1, 0.15) is 21.5 Å². The molecule has 0 fully saturated rings. The van der Waals surface area contributed by atoms with Crippen molar-refractivity contribution in [3.8, 4) is 11.8 Å². The largest absolute Gasteiger partial charge is 0.366 e. The molecular weight excluding hydrogens is 366 g/mol. The Hall–Kier alpha value is -3.49. The van der Waals surface area contributed by atoms with Crippen molar-refractivity contribution in [3.05, 3.63) is 102 Å². The summed E-state index contributed by atoms with van der Waals surface area (Å²) in [6.07, 6.45) is 6.62. The van der Waals surface area contributed by atoms with Crippen LogP contribution in [0.4, 0.5) is 0 Å². The monoisotopic (exact) mass is 387 g/mol. The Morgan fingerprint density at radius 2 is 1.57 bits per heavy atom. The van der Waals surface area contributed by atoms with E-state index in [1.165, 1.54) is 6.20 Å². The minimum absolute atomic E-state index is 0.358. The number of fused-ring (bicyclic) bond motifs is 1. The first-order valence-electron chi connectivity index (χ1n) is 8.51. The number of nitrogens with one attached hydrogen (secondary N) is 1. The number of amides is 1. The van der Waals surface area contributed by atoms with Gasteiger partial charge in [0.25, 0.3) is 0 Å². The quantitative estimate of drug-likeness (QED) is 0.337. The number of nitrogens with zero attached hydrogens (tertiary/aromatic N) is 1. The van der Waals surface area contributed by atoms with Gasteiger partial charge in [0.05, 0.1) is 5.56 Å². The highest BCUT2D eigenvalue weighted by Crippen LogP contribution is 2.13. The van der Waals surface area contributed by atoms with E-state index in [1.54, 1.807) is 18.5 Å². The summed E-state index contributed by atoms with van der Waals surface area (Å²) in [6.45, 7) is 0. The maximum atomic E-state index is 11.1. The van der Waals surface area contributed by atoms with Crippen LogP contribution < -0.4 is 5.73 Å². The van der Waals surface area contributed by atoms with Gasteiger partial charge in [0.2, 0.25) is 5.91 Å². The predicted molar refractivity (Wildman–Crippen MR) is 118 cm³/mol. The fraction of sp³-hybridized carbons (Fsp3) is 0.0435. The van der Waals surface area contributed by atoms with E-state index >= 15 is 0 Å². The van der Waals surface area contributed by atoms with Crippen molar-refractivity contribution in [1.82, 2.24) is 9.97 Å². The average Bonchev–Trinajstić information content (AvgIpc) is 3.23. The van der Waals surface area contributed by atoms with Crippen LogP contribution in [0.2, 0.25) is 0 Å². The van der Waals surface area contributed by atoms with Gasteiger partial charge in [-0.25, -0.2) is 0 Å². The number of H-pyrrole nitrogens is 1. The SMILES string of the molecule is CS.NC(=O)c1cncc(C#Cc2ccc3cc[nH]c3c2)c1.c1ccccc1. The number of benzene rings is 2. The van der Waals surface area contributed by atoms with Crippen LogP contribution in [0, 0.1) is 11.8 Å². The first kappa shape index (κ1) is 20.8. The zero-order valence-corrected chi connectivity index (χ0v) is 16.4. The zero-order valence-electron chi connectivity index (χ0n) is 15.5. The van der Waals surface area contributed by atoms with Crippen molar-refractivity contribution >= 4 is 29.4 Å². The van der Waals surface area contributed by atoms with Crippen molar-refractivity contribution in [3.63, 3.8) is 0 Å². The van der Waals surface area contributed by atoms with Gasteiger partial charge in [0.15, 0.2) is 0 Å². The summed E-state index contributed by atoms with van der Waals surface area (Å²) in [6, 6.07) is 21.6. The second kappa shape index (κ2) is 11.3.